The van der Waals surface area contributed by atoms with Gasteiger partial charge in [0.05, 0.1) is 11.7 Å². The van der Waals surface area contributed by atoms with Crippen molar-refractivity contribution in [1.29, 1.82) is 0 Å². The Balaban J connectivity index is 0.00000190. The molecule has 1 aromatic heterocycles. The zero-order valence-corrected chi connectivity index (χ0v) is 19.1. The van der Waals surface area contributed by atoms with Crippen LogP contribution in [0.1, 0.15) is 85.0 Å². The number of aryl methyl sites for hydroxylation is 1. The van der Waals surface area contributed by atoms with Crippen LogP contribution >= 0.6 is 0 Å². The van der Waals surface area contributed by atoms with Gasteiger partial charge in [0.25, 0.3) is 0 Å². The standard InChI is InChI=1S/C21H33N3O2.C2H6/c1-8-17(15(2)3)13-19-16(4)14-24(22-19)18-9-11-23(12-10-18)20(25)26-21(5,6)7;1-2/h13-14,18H,2,8-12H2,1,3-7H3;1-2H3/b17-13-;. The average Bonchev–Trinajstić information content (AvgIpc) is 3.00. The number of allylic oxidation sites excluding steroid dienone is 2. The molecule has 0 spiro atoms. The smallest absolute Gasteiger partial charge is 0.410 e. The van der Waals surface area contributed by atoms with E-state index in [1.165, 1.54) is 11.1 Å². The van der Waals surface area contributed by atoms with E-state index in [-0.39, 0.29) is 6.09 Å². The first kappa shape index (κ1) is 24.0. The number of hydrogen-bond donors (Lipinski definition) is 0. The molecular formula is C23H39N3O2. The Bertz CT molecular complexity index is 687. The molecule has 1 aromatic rings. The molecule has 0 N–H and O–H groups in total. The molecular weight excluding hydrogens is 350 g/mol. The van der Waals surface area contributed by atoms with Gasteiger partial charge in [0.15, 0.2) is 0 Å². The van der Waals surface area contributed by atoms with Crippen molar-refractivity contribution in [2.24, 2.45) is 0 Å². The maximum Gasteiger partial charge on any atom is 0.410 e. The van der Waals surface area contributed by atoms with Crippen molar-refractivity contribution in [2.45, 2.75) is 86.3 Å². The van der Waals surface area contributed by atoms with Crippen molar-refractivity contribution in [3.05, 3.63) is 35.2 Å². The monoisotopic (exact) mass is 389 g/mol. The van der Waals surface area contributed by atoms with Crippen molar-refractivity contribution in [3.8, 4) is 0 Å². The second-order valence-corrected chi connectivity index (χ2v) is 8.18. The van der Waals surface area contributed by atoms with E-state index in [1.807, 2.05) is 41.5 Å². The first-order valence-electron chi connectivity index (χ1n) is 10.5. The van der Waals surface area contributed by atoms with Crippen LogP contribution in [-0.4, -0.2) is 39.5 Å². The van der Waals surface area contributed by atoms with E-state index in [0.717, 1.165) is 30.5 Å². The van der Waals surface area contributed by atoms with Gasteiger partial charge in [-0.2, -0.15) is 5.10 Å². The van der Waals surface area contributed by atoms with Gasteiger partial charge in [-0.25, -0.2) is 4.79 Å². The van der Waals surface area contributed by atoms with Gasteiger partial charge in [-0.3, -0.25) is 4.68 Å². The summed E-state index contributed by atoms with van der Waals surface area (Å²) in [5, 5.41) is 4.80. The lowest BCUT2D eigenvalue weighted by molar-refractivity contribution is 0.0184. The summed E-state index contributed by atoms with van der Waals surface area (Å²) >= 11 is 0. The molecule has 0 saturated carbocycles. The number of carbonyl (C=O) groups is 1. The maximum atomic E-state index is 12.2. The van der Waals surface area contributed by atoms with E-state index in [4.69, 9.17) is 9.84 Å². The van der Waals surface area contributed by atoms with Gasteiger partial charge in [0.1, 0.15) is 5.60 Å². The summed E-state index contributed by atoms with van der Waals surface area (Å²) in [5.74, 6) is 0. The van der Waals surface area contributed by atoms with Crippen LogP contribution in [0.5, 0.6) is 0 Å². The number of likely N-dealkylation sites (tertiary alicyclic amines) is 1. The lowest BCUT2D eigenvalue weighted by Gasteiger charge is -2.33. The Morgan fingerprint density at radius 3 is 2.36 bits per heavy atom. The highest BCUT2D eigenvalue weighted by Gasteiger charge is 2.28. The number of aromatic nitrogens is 2. The molecule has 1 aliphatic rings. The minimum absolute atomic E-state index is 0.217. The molecule has 2 rings (SSSR count). The summed E-state index contributed by atoms with van der Waals surface area (Å²) in [4.78, 5) is 14.0. The fourth-order valence-electron chi connectivity index (χ4n) is 3.16. The minimum Gasteiger partial charge on any atom is -0.444 e. The fraction of sp³-hybridized carbons (Fsp3) is 0.652. The Hall–Kier alpha value is -2.04. The summed E-state index contributed by atoms with van der Waals surface area (Å²) < 4.78 is 7.54. The molecule has 28 heavy (non-hydrogen) atoms. The van der Waals surface area contributed by atoms with Crippen molar-refractivity contribution < 1.29 is 9.53 Å². The third-order valence-electron chi connectivity index (χ3n) is 4.68. The molecule has 1 aliphatic heterocycles. The molecule has 0 aromatic carbocycles. The molecule has 5 nitrogen and oxygen atoms in total. The largest absolute Gasteiger partial charge is 0.444 e. The third kappa shape index (κ3) is 6.84. The van der Waals surface area contributed by atoms with Crippen LogP contribution in [0.3, 0.4) is 0 Å². The van der Waals surface area contributed by atoms with Crippen LogP contribution in [0.4, 0.5) is 4.79 Å². The van der Waals surface area contributed by atoms with Crippen LogP contribution in [0.15, 0.2) is 23.9 Å². The van der Waals surface area contributed by atoms with Gasteiger partial charge >= 0.3 is 6.09 Å². The highest BCUT2D eigenvalue weighted by atomic mass is 16.6. The molecule has 158 valence electrons. The number of carbonyl (C=O) groups excluding carboxylic acids is 1. The fourth-order valence-corrected chi connectivity index (χ4v) is 3.16. The lowest BCUT2D eigenvalue weighted by Crippen LogP contribution is -2.42. The number of amides is 1. The summed E-state index contributed by atoms with van der Waals surface area (Å²) in [6.45, 7) is 21.4. The van der Waals surface area contributed by atoms with Crippen molar-refractivity contribution in [3.63, 3.8) is 0 Å². The predicted octanol–water partition coefficient (Wildman–Crippen LogP) is 6.16. The predicted molar refractivity (Wildman–Crippen MR) is 117 cm³/mol. The first-order chi connectivity index (χ1) is 13.1. The highest BCUT2D eigenvalue weighted by Crippen LogP contribution is 2.25. The quantitative estimate of drug-likeness (QED) is 0.579. The molecule has 5 heteroatoms. The van der Waals surface area contributed by atoms with Crippen LogP contribution < -0.4 is 0 Å². The van der Waals surface area contributed by atoms with Gasteiger partial charge < -0.3 is 9.64 Å². The molecule has 1 saturated heterocycles. The van der Waals surface area contributed by atoms with Crippen LogP contribution in [0.2, 0.25) is 0 Å². The number of piperidine rings is 1. The number of hydrogen-bond acceptors (Lipinski definition) is 3. The van der Waals surface area contributed by atoms with E-state index in [1.54, 1.807) is 4.90 Å². The molecule has 0 atom stereocenters. The van der Waals surface area contributed by atoms with E-state index in [0.29, 0.717) is 19.1 Å². The van der Waals surface area contributed by atoms with Crippen molar-refractivity contribution >= 4 is 12.2 Å². The van der Waals surface area contributed by atoms with Crippen molar-refractivity contribution in [2.75, 3.05) is 13.1 Å². The molecule has 0 unspecified atom stereocenters. The van der Waals surface area contributed by atoms with Crippen LogP contribution in [0, 0.1) is 6.92 Å². The number of nitrogens with zero attached hydrogens (tertiary/aromatic N) is 3. The van der Waals surface area contributed by atoms with Crippen molar-refractivity contribution in [1.82, 2.24) is 14.7 Å². The Morgan fingerprint density at radius 1 is 1.32 bits per heavy atom. The zero-order chi connectivity index (χ0) is 21.5. The molecule has 0 radical (unpaired) electrons. The zero-order valence-electron chi connectivity index (χ0n) is 19.1. The van der Waals surface area contributed by atoms with E-state index in [2.05, 4.69) is 37.4 Å². The highest BCUT2D eigenvalue weighted by molar-refractivity contribution is 5.68. The summed E-state index contributed by atoms with van der Waals surface area (Å²) in [6, 6.07) is 0.324. The van der Waals surface area contributed by atoms with Gasteiger partial charge in [0.2, 0.25) is 0 Å². The Kier molecular flexibility index (Phi) is 8.99. The Morgan fingerprint density at radius 2 is 1.89 bits per heavy atom. The molecule has 0 bridgehead atoms. The molecule has 1 fully saturated rings. The lowest BCUT2D eigenvalue weighted by atomic mass is 10.0. The van der Waals surface area contributed by atoms with E-state index >= 15 is 0 Å². The van der Waals surface area contributed by atoms with Crippen LogP contribution in [-0.2, 0) is 4.74 Å². The second-order valence-electron chi connectivity index (χ2n) is 8.18. The van der Waals surface area contributed by atoms with Gasteiger partial charge in [-0.1, -0.05) is 32.9 Å². The first-order valence-corrected chi connectivity index (χ1v) is 10.5. The SMILES string of the molecule is C=C(C)/C(=C\c1nn(C2CCN(C(=O)OC(C)(C)C)CC2)cc1C)CC.CC. The minimum atomic E-state index is -0.450. The number of rotatable bonds is 4. The van der Waals surface area contributed by atoms with E-state index in [9.17, 15) is 4.79 Å². The van der Waals surface area contributed by atoms with Gasteiger partial charge in [-0.15, -0.1) is 0 Å². The third-order valence-corrected chi connectivity index (χ3v) is 4.68. The Labute approximate surface area is 171 Å². The summed E-state index contributed by atoms with van der Waals surface area (Å²) in [6.07, 6.45) is 6.78. The summed E-state index contributed by atoms with van der Waals surface area (Å²) in [7, 11) is 0. The second kappa shape index (κ2) is 10.5. The average molecular weight is 390 g/mol. The van der Waals surface area contributed by atoms with E-state index < -0.39 is 5.60 Å². The van der Waals surface area contributed by atoms with Gasteiger partial charge in [-0.05, 0) is 71.1 Å². The maximum absolute atomic E-state index is 12.2. The topological polar surface area (TPSA) is 47.4 Å². The molecule has 0 aliphatic carbocycles. The normalized spacial score (nSPS) is 15.7. The summed E-state index contributed by atoms with van der Waals surface area (Å²) in [5.41, 5.74) is 4.06. The molecule has 1 amide bonds. The van der Waals surface area contributed by atoms with Crippen LogP contribution in [0.25, 0.3) is 6.08 Å². The van der Waals surface area contributed by atoms with Gasteiger partial charge in [0, 0.05) is 19.3 Å². The number of ether oxygens (including phenoxy) is 1. The molecule has 2 heterocycles.